The topological polar surface area (TPSA) is 33.5 Å². The van der Waals surface area contributed by atoms with E-state index >= 15 is 0 Å². The van der Waals surface area contributed by atoms with Crippen molar-refractivity contribution < 1.29 is 25.8 Å². The first kappa shape index (κ1) is 32.4. The summed E-state index contributed by atoms with van der Waals surface area (Å²) in [7, 11) is 0. The Morgan fingerprint density at radius 3 is 2.31 bits per heavy atom. The normalized spacial score (nSPS) is 12.9. The first-order valence-corrected chi connectivity index (χ1v) is 16.2. The van der Waals surface area contributed by atoms with E-state index in [0.29, 0.717) is 11.5 Å². The van der Waals surface area contributed by atoms with Crippen LogP contribution in [0.15, 0.2) is 134 Å². The Labute approximate surface area is 302 Å². The number of nitrogens with zero attached hydrogens (tertiary/aromatic N) is 4. The molecule has 3 heterocycles. The van der Waals surface area contributed by atoms with Gasteiger partial charge in [0.2, 0.25) is 0 Å². The standard InChI is InChI=1S/C43H35N4O.Pt/c1-30-36(31-12-6-5-7-13-31)17-11-19-39(30)46-25-24-45(29-46)33-14-10-15-34(27-33)48-35-20-21-38-37-16-8-9-18-40(37)47(41(38)28-35)42-26-32(22-23-44-42)43(2,3)4;/h5-26,29H,1-4H3;/q-3;. The van der Waals surface area contributed by atoms with Gasteiger partial charge in [-0.1, -0.05) is 87.0 Å². The SMILES string of the molecule is Cc1c(-c2ccccc2)cccc1N1C=CN(c2[c-]c(Oc3[c-]c4c(cc3)c3ccccc3n4-c3cc(C(C)(C)C)ccn3)ccc2)[CH-]1.[Pt]. The summed E-state index contributed by atoms with van der Waals surface area (Å²) in [5, 5.41) is 2.25. The monoisotopic (exact) mass is 818 g/mol. The van der Waals surface area contributed by atoms with Gasteiger partial charge in [0.1, 0.15) is 5.82 Å². The third-order valence-corrected chi connectivity index (χ3v) is 8.95. The molecule has 5 nitrogen and oxygen atoms in total. The van der Waals surface area contributed by atoms with Gasteiger partial charge in [0.15, 0.2) is 0 Å². The molecule has 0 saturated heterocycles. The molecular weight excluding hydrogens is 784 g/mol. The van der Waals surface area contributed by atoms with Crippen molar-refractivity contribution in [2.75, 3.05) is 9.80 Å². The third kappa shape index (κ3) is 6.16. The van der Waals surface area contributed by atoms with Gasteiger partial charge in [-0.15, -0.1) is 48.1 Å². The zero-order chi connectivity index (χ0) is 32.8. The van der Waals surface area contributed by atoms with Gasteiger partial charge in [-0.25, -0.2) is 4.98 Å². The van der Waals surface area contributed by atoms with Crippen molar-refractivity contribution in [2.24, 2.45) is 0 Å². The number of hydrogen-bond donors (Lipinski definition) is 0. The van der Waals surface area contributed by atoms with Crippen LogP contribution in [0.2, 0.25) is 0 Å². The maximum absolute atomic E-state index is 6.42. The molecule has 246 valence electrons. The summed E-state index contributed by atoms with van der Waals surface area (Å²) in [6.07, 6.45) is 6.00. The molecular formula is C43H35N4OPt-3. The van der Waals surface area contributed by atoms with Crippen molar-refractivity contribution in [3.63, 3.8) is 0 Å². The van der Waals surface area contributed by atoms with Crippen molar-refractivity contribution in [3.05, 3.63) is 164 Å². The Balaban J connectivity index is 0.00000378. The van der Waals surface area contributed by atoms with E-state index in [0.717, 1.165) is 39.0 Å². The predicted octanol–water partition coefficient (Wildman–Crippen LogP) is 10.8. The van der Waals surface area contributed by atoms with Crippen molar-refractivity contribution >= 4 is 33.2 Å². The fourth-order valence-electron chi connectivity index (χ4n) is 6.42. The summed E-state index contributed by atoms with van der Waals surface area (Å²) < 4.78 is 8.60. The predicted molar refractivity (Wildman–Crippen MR) is 196 cm³/mol. The minimum absolute atomic E-state index is 0. The number of para-hydroxylation sites is 1. The molecule has 6 heteroatoms. The van der Waals surface area contributed by atoms with E-state index in [-0.39, 0.29) is 26.5 Å². The minimum Gasteiger partial charge on any atom is -0.509 e. The van der Waals surface area contributed by atoms with E-state index < -0.39 is 0 Å². The van der Waals surface area contributed by atoms with Gasteiger partial charge in [0, 0.05) is 50.0 Å². The summed E-state index contributed by atoms with van der Waals surface area (Å²) in [6.45, 7) is 10.9. The molecule has 0 bridgehead atoms. The second-order valence-corrected chi connectivity index (χ2v) is 13.1. The van der Waals surface area contributed by atoms with Crippen LogP contribution in [0, 0.1) is 25.7 Å². The van der Waals surface area contributed by atoms with Crippen LogP contribution >= 0.6 is 0 Å². The van der Waals surface area contributed by atoms with Crippen LogP contribution in [-0.4, -0.2) is 9.55 Å². The van der Waals surface area contributed by atoms with Gasteiger partial charge in [0.25, 0.3) is 0 Å². The molecule has 5 aromatic carbocycles. The maximum Gasteiger partial charge on any atom is 0.135 e. The van der Waals surface area contributed by atoms with E-state index in [4.69, 9.17) is 9.72 Å². The maximum atomic E-state index is 6.42. The van der Waals surface area contributed by atoms with Crippen LogP contribution in [0.4, 0.5) is 11.4 Å². The van der Waals surface area contributed by atoms with Gasteiger partial charge in [-0.05, 0) is 76.6 Å². The summed E-state index contributed by atoms with van der Waals surface area (Å²) in [5.41, 5.74) is 8.88. The molecule has 0 fully saturated rings. The molecule has 1 aliphatic heterocycles. The molecule has 49 heavy (non-hydrogen) atoms. The zero-order valence-corrected chi connectivity index (χ0v) is 30.1. The number of ether oxygens (including phenoxy) is 1. The number of anilines is 2. The Hall–Kier alpha value is -5.12. The average Bonchev–Trinajstić information content (AvgIpc) is 3.72. The van der Waals surface area contributed by atoms with Gasteiger partial charge in [-0.3, -0.25) is 0 Å². The third-order valence-electron chi connectivity index (χ3n) is 8.95. The van der Waals surface area contributed by atoms with Crippen LogP contribution in [0.25, 0.3) is 38.8 Å². The number of pyridine rings is 1. The van der Waals surface area contributed by atoms with Crippen LogP contribution in [0.3, 0.4) is 0 Å². The number of fused-ring (bicyclic) bond motifs is 3. The second kappa shape index (κ2) is 13.1. The summed E-state index contributed by atoms with van der Waals surface area (Å²) >= 11 is 0. The van der Waals surface area contributed by atoms with E-state index in [9.17, 15) is 0 Å². The quantitative estimate of drug-likeness (QED) is 0.157. The minimum atomic E-state index is -0.000690. The molecule has 0 radical (unpaired) electrons. The molecule has 0 atom stereocenters. The van der Waals surface area contributed by atoms with Crippen molar-refractivity contribution in [2.45, 2.75) is 33.1 Å². The average molecular weight is 819 g/mol. The Bertz CT molecular complexity index is 2320. The van der Waals surface area contributed by atoms with E-state index in [1.807, 2.05) is 42.7 Å². The molecule has 0 spiro atoms. The number of rotatable bonds is 6. The fourth-order valence-corrected chi connectivity index (χ4v) is 6.42. The smallest absolute Gasteiger partial charge is 0.135 e. The summed E-state index contributed by atoms with van der Waals surface area (Å²) in [4.78, 5) is 9.00. The van der Waals surface area contributed by atoms with Crippen LogP contribution in [0.5, 0.6) is 11.5 Å². The first-order chi connectivity index (χ1) is 23.3. The molecule has 7 aromatic rings. The van der Waals surface area contributed by atoms with Crippen molar-refractivity contribution in [1.82, 2.24) is 9.55 Å². The second-order valence-electron chi connectivity index (χ2n) is 13.1. The fraction of sp³-hybridized carbons (Fsp3) is 0.116. The van der Waals surface area contributed by atoms with E-state index in [1.54, 1.807) is 0 Å². The van der Waals surface area contributed by atoms with E-state index in [2.05, 4.69) is 152 Å². The Morgan fingerprint density at radius 2 is 1.47 bits per heavy atom. The Morgan fingerprint density at radius 1 is 0.714 bits per heavy atom. The Kier molecular flexibility index (Phi) is 8.64. The molecule has 8 rings (SSSR count). The molecule has 0 aliphatic carbocycles. The summed E-state index contributed by atoms with van der Waals surface area (Å²) in [6, 6.07) is 46.7. The van der Waals surface area contributed by atoms with Crippen molar-refractivity contribution in [3.8, 4) is 28.4 Å². The molecule has 2 aromatic heterocycles. The van der Waals surface area contributed by atoms with Gasteiger partial charge in [0.05, 0.1) is 0 Å². The molecule has 0 N–H and O–H groups in total. The van der Waals surface area contributed by atoms with Crippen LogP contribution < -0.4 is 14.5 Å². The zero-order valence-electron chi connectivity index (χ0n) is 27.8. The number of aromatic nitrogens is 2. The molecule has 0 amide bonds. The van der Waals surface area contributed by atoms with E-state index in [1.165, 1.54) is 22.3 Å². The number of benzene rings is 5. The van der Waals surface area contributed by atoms with Gasteiger partial charge >= 0.3 is 0 Å². The largest absolute Gasteiger partial charge is 0.509 e. The van der Waals surface area contributed by atoms with Gasteiger partial charge in [-0.2, -0.15) is 12.1 Å². The van der Waals surface area contributed by atoms with Gasteiger partial charge < -0.3 is 19.1 Å². The van der Waals surface area contributed by atoms with Crippen LogP contribution in [-0.2, 0) is 26.5 Å². The first-order valence-electron chi connectivity index (χ1n) is 16.2. The van der Waals surface area contributed by atoms with Crippen LogP contribution in [0.1, 0.15) is 31.9 Å². The number of hydrogen-bond acceptors (Lipinski definition) is 4. The molecule has 0 saturated carbocycles. The summed E-state index contributed by atoms with van der Waals surface area (Å²) in [5.74, 6) is 2.09. The molecule has 1 aliphatic rings. The van der Waals surface area contributed by atoms with Crippen molar-refractivity contribution in [1.29, 1.82) is 0 Å². The molecule has 0 unspecified atom stereocenters.